The van der Waals surface area contributed by atoms with Gasteiger partial charge in [-0.25, -0.2) is 0 Å². The van der Waals surface area contributed by atoms with Crippen molar-refractivity contribution < 1.29 is 0 Å². The summed E-state index contributed by atoms with van der Waals surface area (Å²) in [4.78, 5) is 2.20. The van der Waals surface area contributed by atoms with Crippen LogP contribution in [-0.4, -0.2) is 4.93 Å². The van der Waals surface area contributed by atoms with Gasteiger partial charge in [0.1, 0.15) is 0 Å². The molecule has 0 aliphatic rings. The molecule has 0 spiro atoms. The summed E-state index contributed by atoms with van der Waals surface area (Å²) in [6.07, 6.45) is 0. The van der Waals surface area contributed by atoms with Crippen LogP contribution >= 0.6 is 36.6 Å². The van der Waals surface area contributed by atoms with Gasteiger partial charge in [-0.3, -0.25) is 0 Å². The summed E-state index contributed by atoms with van der Waals surface area (Å²) in [5, 5.41) is 0. The molecule has 0 nitrogen and oxygen atoms in total. The fourth-order valence-corrected chi connectivity index (χ4v) is 0. The Kier molecular flexibility index (Phi) is 4.03. The van der Waals surface area contributed by atoms with Crippen molar-refractivity contribution in [3.05, 3.63) is 0 Å². The first kappa shape index (κ1) is 5.64. The third-order valence-electron chi connectivity index (χ3n) is 0. The summed E-state index contributed by atoms with van der Waals surface area (Å²) in [7, 11) is 0. The Morgan fingerprint density at radius 2 is 2.00 bits per heavy atom. The van der Waals surface area contributed by atoms with Crippen molar-refractivity contribution in [1.29, 1.82) is 0 Å². The third-order valence-corrected chi connectivity index (χ3v) is 0. The number of rotatable bonds is 0. The Bertz CT molecular complexity index is 12.8. The molecule has 0 fully saturated rings. The van der Waals surface area contributed by atoms with Crippen LogP contribution in [0.25, 0.3) is 0 Å². The first-order chi connectivity index (χ1) is 1.73. The molecular weight excluding hydrogens is 250 g/mol. The number of alkyl halides is 1. The SMILES string of the molecule is CI(P)Br. The van der Waals surface area contributed by atoms with Gasteiger partial charge in [-0.1, -0.05) is 0 Å². The van der Waals surface area contributed by atoms with Crippen LogP contribution in [0.3, 0.4) is 0 Å². The van der Waals surface area contributed by atoms with Gasteiger partial charge in [0.2, 0.25) is 0 Å². The van der Waals surface area contributed by atoms with E-state index in [1.165, 1.54) is 0 Å². The van der Waals surface area contributed by atoms with E-state index in [0.717, 1.165) is 0 Å². The predicted octanol–water partition coefficient (Wildman–Crippen LogP) is 2.22. The quantitative estimate of drug-likeness (QED) is 0.353. The molecule has 0 saturated heterocycles. The fraction of sp³-hybridized carbons (Fsp3) is 1.00. The van der Waals surface area contributed by atoms with E-state index < -0.39 is 17.0 Å². The topological polar surface area (TPSA) is 0 Å². The molecule has 3 heteroatoms. The molecule has 0 aromatic rings. The zero-order valence-corrected chi connectivity index (χ0v) is 7.23. The van der Waals surface area contributed by atoms with Crippen LogP contribution < -0.4 is 0 Å². The van der Waals surface area contributed by atoms with E-state index in [2.05, 4.69) is 24.5 Å². The molecule has 0 bridgehead atoms. The Balaban J connectivity index is 2.32. The van der Waals surface area contributed by atoms with Crippen LogP contribution in [-0.2, 0) is 0 Å². The summed E-state index contributed by atoms with van der Waals surface area (Å²) in [5.74, 6) is 0. The third kappa shape index (κ3) is 9.43. The molecule has 28 valence electrons. The van der Waals surface area contributed by atoms with Crippen molar-refractivity contribution in [3.63, 3.8) is 0 Å². The van der Waals surface area contributed by atoms with Crippen molar-refractivity contribution in [1.82, 2.24) is 0 Å². The molecule has 0 aromatic carbocycles. The maximum atomic E-state index is 3.39. The summed E-state index contributed by atoms with van der Waals surface area (Å²) in [6.45, 7) is 2.73. The van der Waals surface area contributed by atoms with Crippen LogP contribution in [0, 0.1) is 0 Å². The molecule has 1 atom stereocenters. The van der Waals surface area contributed by atoms with Gasteiger partial charge in [0, 0.05) is 0 Å². The van der Waals surface area contributed by atoms with Gasteiger partial charge in [0.25, 0.3) is 0 Å². The Morgan fingerprint density at radius 3 is 2.00 bits per heavy atom. The number of hydrogen-bond donors (Lipinski definition) is 0. The van der Waals surface area contributed by atoms with E-state index in [-0.39, 0.29) is 0 Å². The van der Waals surface area contributed by atoms with E-state index in [1.807, 2.05) is 0 Å². The molecule has 4 heavy (non-hydrogen) atoms. The zero-order valence-electron chi connectivity index (χ0n) is 2.33. The predicted molar refractivity (Wildman–Crippen MR) is 38.6 cm³/mol. The van der Waals surface area contributed by atoms with Crippen molar-refractivity contribution in [3.8, 4) is 0 Å². The molecule has 0 amide bonds. The monoisotopic (exact) mass is 254 g/mol. The molecule has 0 rings (SSSR count). The van der Waals surface area contributed by atoms with Crippen LogP contribution in [0.2, 0.25) is 0 Å². The summed E-state index contributed by atoms with van der Waals surface area (Å²) in [6, 6.07) is 0. The van der Waals surface area contributed by atoms with Gasteiger partial charge in [-0.05, 0) is 0 Å². The van der Waals surface area contributed by atoms with E-state index in [4.69, 9.17) is 0 Å². The standard InChI is InChI=1S/CH5BrIP/c1-3(2)4/h4H2,1H3. The van der Waals surface area contributed by atoms with Crippen LogP contribution in [0.1, 0.15) is 0 Å². The van der Waals surface area contributed by atoms with Gasteiger partial charge < -0.3 is 0 Å². The molecule has 0 saturated carbocycles. The summed E-state index contributed by atoms with van der Waals surface area (Å²) in [5.41, 5.74) is 0. The Labute approximate surface area is 41.4 Å². The minimum absolute atomic E-state index is 0.534. The summed E-state index contributed by atoms with van der Waals surface area (Å²) < 4.78 is 0. The molecule has 0 aromatic heterocycles. The molecule has 0 N–H and O–H groups in total. The van der Waals surface area contributed by atoms with Gasteiger partial charge in [0.05, 0.1) is 0 Å². The number of hydrogen-bond acceptors (Lipinski definition) is 0. The second-order valence-electron chi connectivity index (χ2n) is 0.444. The van der Waals surface area contributed by atoms with Gasteiger partial charge in [-0.15, -0.1) is 0 Å². The van der Waals surface area contributed by atoms with Crippen molar-refractivity contribution in [2.24, 2.45) is 0 Å². The van der Waals surface area contributed by atoms with E-state index >= 15 is 0 Å². The normalized spacial score (nSPS) is 11.2. The molecule has 0 radical (unpaired) electrons. The van der Waals surface area contributed by atoms with E-state index in [0.29, 0.717) is 0 Å². The van der Waals surface area contributed by atoms with Crippen LogP contribution in [0.4, 0.5) is 0 Å². The van der Waals surface area contributed by atoms with Crippen molar-refractivity contribution >= 4 is 36.6 Å². The van der Waals surface area contributed by atoms with Crippen LogP contribution in [0.5, 0.6) is 0 Å². The molecule has 0 aliphatic heterocycles. The maximum absolute atomic E-state index is 3.39. The van der Waals surface area contributed by atoms with Crippen molar-refractivity contribution in [2.45, 2.75) is 0 Å². The van der Waals surface area contributed by atoms with Crippen molar-refractivity contribution in [2.75, 3.05) is 4.93 Å². The first-order valence-corrected chi connectivity index (χ1v) is 11.9. The number of halogens is 2. The second-order valence-corrected chi connectivity index (χ2v) is 18.0. The second kappa shape index (κ2) is 2.86. The molecule has 1 unspecified atom stereocenters. The zero-order chi connectivity index (χ0) is 3.58. The van der Waals surface area contributed by atoms with Gasteiger partial charge in [-0.2, -0.15) is 0 Å². The first-order valence-electron chi connectivity index (χ1n) is 0.739. The molecular formula is CH5BrIP. The van der Waals surface area contributed by atoms with Crippen LogP contribution in [0.15, 0.2) is 0 Å². The van der Waals surface area contributed by atoms with Gasteiger partial charge >= 0.3 is 41.5 Å². The average Bonchev–Trinajstić information content (AvgIpc) is 0.811. The van der Waals surface area contributed by atoms with E-state index in [9.17, 15) is 0 Å². The molecule has 0 heterocycles. The summed E-state index contributed by atoms with van der Waals surface area (Å²) >= 11 is 2.86. The Hall–Kier alpha value is 1.64. The minimum atomic E-state index is -0.534. The molecule has 0 aliphatic carbocycles. The average molecular weight is 255 g/mol. The van der Waals surface area contributed by atoms with Gasteiger partial charge in [0.15, 0.2) is 0 Å². The fourth-order valence-electron chi connectivity index (χ4n) is 0. The Morgan fingerprint density at radius 1 is 2.00 bits per heavy atom. The van der Waals surface area contributed by atoms with E-state index in [1.54, 1.807) is 0 Å².